The van der Waals surface area contributed by atoms with Crippen LogP contribution in [-0.4, -0.2) is 48.3 Å². The number of hydrogen-bond donors (Lipinski definition) is 2. The number of imide groups is 1. The van der Waals surface area contributed by atoms with Crippen LogP contribution in [0.1, 0.15) is 29.3 Å². The molecular formula is C17H22ClN3O3. The topological polar surface area (TPSA) is 78.5 Å². The summed E-state index contributed by atoms with van der Waals surface area (Å²) in [4.78, 5) is 37.3. The summed E-state index contributed by atoms with van der Waals surface area (Å²) in [6.07, 6.45) is 0.772. The first kappa shape index (κ1) is 18.4. The number of carbonyl (C=O) groups is 3. The van der Waals surface area contributed by atoms with Gasteiger partial charge >= 0.3 is 0 Å². The highest BCUT2D eigenvalue weighted by molar-refractivity contribution is 6.03. The van der Waals surface area contributed by atoms with Gasteiger partial charge in [0.1, 0.15) is 0 Å². The summed E-state index contributed by atoms with van der Waals surface area (Å²) in [7, 11) is 0. The Hall–Kier alpha value is -1.92. The van der Waals surface area contributed by atoms with E-state index in [4.69, 9.17) is 0 Å². The SMILES string of the molecule is C[C@H]1CNCCN1C(=O)c1ccc(CC2CC(=O)NC2=O)cc1.Cl. The minimum Gasteiger partial charge on any atom is -0.333 e. The predicted molar refractivity (Wildman–Crippen MR) is 92.0 cm³/mol. The first-order valence-electron chi connectivity index (χ1n) is 7.99. The number of nitrogens with zero attached hydrogens (tertiary/aromatic N) is 1. The molecule has 2 heterocycles. The van der Waals surface area contributed by atoms with E-state index in [2.05, 4.69) is 10.6 Å². The highest BCUT2D eigenvalue weighted by Crippen LogP contribution is 2.18. The summed E-state index contributed by atoms with van der Waals surface area (Å²) in [6, 6.07) is 7.54. The van der Waals surface area contributed by atoms with Crippen LogP contribution in [0.3, 0.4) is 0 Å². The van der Waals surface area contributed by atoms with Gasteiger partial charge in [-0.05, 0) is 31.0 Å². The number of halogens is 1. The van der Waals surface area contributed by atoms with Crippen molar-refractivity contribution in [3.63, 3.8) is 0 Å². The molecule has 2 fully saturated rings. The van der Waals surface area contributed by atoms with E-state index >= 15 is 0 Å². The van der Waals surface area contributed by atoms with Crippen molar-refractivity contribution in [1.82, 2.24) is 15.5 Å². The standard InChI is InChI=1S/C17H21N3O3.ClH/c1-11-10-18-6-7-20(11)17(23)13-4-2-12(3-5-13)8-14-9-15(21)19-16(14)22;/h2-5,11,14,18H,6-10H2,1H3,(H,19,21,22);1H/t11-,14?;/m0./s1. The Balaban J connectivity index is 0.00000208. The highest BCUT2D eigenvalue weighted by Gasteiger charge is 2.30. The van der Waals surface area contributed by atoms with Crippen molar-refractivity contribution in [2.75, 3.05) is 19.6 Å². The molecule has 2 aliphatic heterocycles. The maximum Gasteiger partial charge on any atom is 0.254 e. The zero-order chi connectivity index (χ0) is 16.4. The van der Waals surface area contributed by atoms with E-state index in [0.717, 1.165) is 18.7 Å². The van der Waals surface area contributed by atoms with Gasteiger partial charge in [-0.2, -0.15) is 0 Å². The molecule has 24 heavy (non-hydrogen) atoms. The Morgan fingerprint density at radius 1 is 1.25 bits per heavy atom. The summed E-state index contributed by atoms with van der Waals surface area (Å²) < 4.78 is 0. The second kappa shape index (κ2) is 7.77. The average molecular weight is 352 g/mol. The molecule has 2 saturated heterocycles. The molecule has 1 unspecified atom stereocenters. The molecule has 3 amide bonds. The average Bonchev–Trinajstić information content (AvgIpc) is 2.85. The Bertz CT molecular complexity index is 632. The van der Waals surface area contributed by atoms with Gasteiger partial charge in [0, 0.05) is 37.7 Å². The summed E-state index contributed by atoms with van der Waals surface area (Å²) in [5.41, 5.74) is 1.62. The lowest BCUT2D eigenvalue weighted by molar-refractivity contribution is -0.125. The van der Waals surface area contributed by atoms with Crippen LogP contribution in [0, 0.1) is 5.92 Å². The fourth-order valence-electron chi connectivity index (χ4n) is 3.15. The van der Waals surface area contributed by atoms with E-state index in [1.807, 2.05) is 24.0 Å². The quantitative estimate of drug-likeness (QED) is 0.788. The molecule has 3 rings (SSSR count). The number of piperazine rings is 1. The third kappa shape index (κ3) is 3.94. The molecule has 0 bridgehead atoms. The van der Waals surface area contributed by atoms with Crippen molar-refractivity contribution in [3.05, 3.63) is 35.4 Å². The van der Waals surface area contributed by atoms with E-state index in [9.17, 15) is 14.4 Å². The highest BCUT2D eigenvalue weighted by atomic mass is 35.5. The number of rotatable bonds is 3. The minimum atomic E-state index is -0.294. The van der Waals surface area contributed by atoms with Crippen LogP contribution < -0.4 is 10.6 Å². The van der Waals surface area contributed by atoms with Crippen LogP contribution in [0.25, 0.3) is 0 Å². The van der Waals surface area contributed by atoms with Crippen LogP contribution >= 0.6 is 12.4 Å². The van der Waals surface area contributed by atoms with Crippen molar-refractivity contribution in [3.8, 4) is 0 Å². The van der Waals surface area contributed by atoms with E-state index < -0.39 is 0 Å². The smallest absolute Gasteiger partial charge is 0.254 e. The molecule has 0 aliphatic carbocycles. The molecule has 1 aromatic rings. The summed E-state index contributed by atoms with van der Waals surface area (Å²) in [5, 5.41) is 5.59. The molecule has 1 aromatic carbocycles. The van der Waals surface area contributed by atoms with Crippen LogP contribution in [-0.2, 0) is 16.0 Å². The number of hydrogen-bond acceptors (Lipinski definition) is 4. The summed E-state index contributed by atoms with van der Waals surface area (Å²) >= 11 is 0. The number of carbonyl (C=O) groups excluding carboxylic acids is 3. The van der Waals surface area contributed by atoms with Crippen molar-refractivity contribution in [2.45, 2.75) is 25.8 Å². The summed E-state index contributed by atoms with van der Waals surface area (Å²) in [5.74, 6) is -0.666. The van der Waals surface area contributed by atoms with E-state index in [1.54, 1.807) is 12.1 Å². The molecule has 0 radical (unpaired) electrons. The molecule has 0 spiro atoms. The number of amides is 3. The van der Waals surface area contributed by atoms with Gasteiger partial charge in [-0.25, -0.2) is 0 Å². The van der Waals surface area contributed by atoms with Crippen molar-refractivity contribution < 1.29 is 14.4 Å². The van der Waals surface area contributed by atoms with Gasteiger partial charge in [-0.3, -0.25) is 19.7 Å². The zero-order valence-electron chi connectivity index (χ0n) is 13.6. The second-order valence-corrected chi connectivity index (χ2v) is 6.27. The molecule has 0 aromatic heterocycles. The fraction of sp³-hybridized carbons (Fsp3) is 0.471. The second-order valence-electron chi connectivity index (χ2n) is 6.27. The number of benzene rings is 1. The molecule has 0 saturated carbocycles. The van der Waals surface area contributed by atoms with E-state index in [0.29, 0.717) is 18.5 Å². The van der Waals surface area contributed by atoms with Crippen LogP contribution in [0.15, 0.2) is 24.3 Å². The van der Waals surface area contributed by atoms with E-state index in [-0.39, 0.29) is 48.5 Å². The maximum absolute atomic E-state index is 12.6. The van der Waals surface area contributed by atoms with Crippen molar-refractivity contribution in [2.24, 2.45) is 5.92 Å². The van der Waals surface area contributed by atoms with Gasteiger partial charge in [0.2, 0.25) is 11.8 Å². The first-order chi connectivity index (χ1) is 11.0. The molecule has 7 heteroatoms. The molecule has 2 N–H and O–H groups in total. The van der Waals surface area contributed by atoms with Crippen LogP contribution in [0.5, 0.6) is 0 Å². The third-order valence-electron chi connectivity index (χ3n) is 4.51. The monoisotopic (exact) mass is 351 g/mol. The van der Waals surface area contributed by atoms with Crippen molar-refractivity contribution in [1.29, 1.82) is 0 Å². The maximum atomic E-state index is 12.6. The van der Waals surface area contributed by atoms with Crippen molar-refractivity contribution >= 4 is 30.1 Å². The molecule has 2 aliphatic rings. The molecule has 130 valence electrons. The van der Waals surface area contributed by atoms with Gasteiger partial charge in [-0.15, -0.1) is 12.4 Å². The molecule has 6 nitrogen and oxygen atoms in total. The lowest BCUT2D eigenvalue weighted by Gasteiger charge is -2.34. The largest absolute Gasteiger partial charge is 0.333 e. The van der Waals surface area contributed by atoms with Gasteiger partial charge in [0.15, 0.2) is 0 Å². The first-order valence-corrected chi connectivity index (χ1v) is 7.99. The Labute approximate surface area is 147 Å². The molecule has 2 atom stereocenters. The van der Waals surface area contributed by atoms with E-state index in [1.165, 1.54) is 0 Å². The van der Waals surface area contributed by atoms with Gasteiger partial charge in [0.05, 0.1) is 5.92 Å². The van der Waals surface area contributed by atoms with Crippen LogP contribution in [0.2, 0.25) is 0 Å². The molecular weight excluding hydrogens is 330 g/mol. The van der Waals surface area contributed by atoms with Crippen LogP contribution in [0.4, 0.5) is 0 Å². The third-order valence-corrected chi connectivity index (χ3v) is 4.51. The zero-order valence-corrected chi connectivity index (χ0v) is 14.4. The van der Waals surface area contributed by atoms with Gasteiger partial charge < -0.3 is 10.2 Å². The normalized spacial score (nSPS) is 23.6. The lowest BCUT2D eigenvalue weighted by atomic mass is 9.97. The number of nitrogens with one attached hydrogen (secondary N) is 2. The summed E-state index contributed by atoms with van der Waals surface area (Å²) in [6.45, 7) is 4.38. The fourth-order valence-corrected chi connectivity index (χ4v) is 3.15. The van der Waals surface area contributed by atoms with Gasteiger partial charge in [0.25, 0.3) is 5.91 Å². The minimum absolute atomic E-state index is 0. The lowest BCUT2D eigenvalue weighted by Crippen LogP contribution is -2.52. The van der Waals surface area contributed by atoms with Gasteiger partial charge in [-0.1, -0.05) is 12.1 Å². The Morgan fingerprint density at radius 3 is 2.54 bits per heavy atom. The Kier molecular flexibility index (Phi) is 5.96. The predicted octanol–water partition coefficient (Wildman–Crippen LogP) is 0.748. The Morgan fingerprint density at radius 2 is 1.96 bits per heavy atom.